The highest BCUT2D eigenvalue weighted by Gasteiger charge is 2.21. The molecular formula is C24H25N5O3. The second-order valence-corrected chi connectivity index (χ2v) is 7.95. The van der Waals surface area contributed by atoms with E-state index in [0.717, 1.165) is 36.7 Å². The van der Waals surface area contributed by atoms with E-state index in [4.69, 9.17) is 9.47 Å². The highest BCUT2D eigenvalue weighted by atomic mass is 16.7. The molecule has 3 heterocycles. The number of rotatable bonds is 6. The molecule has 0 radical (unpaired) electrons. The second kappa shape index (κ2) is 9.23. The van der Waals surface area contributed by atoms with Gasteiger partial charge in [0.1, 0.15) is 5.69 Å². The van der Waals surface area contributed by atoms with Gasteiger partial charge in [0.25, 0.3) is 0 Å². The Labute approximate surface area is 186 Å². The van der Waals surface area contributed by atoms with Gasteiger partial charge in [-0.05, 0) is 29.3 Å². The number of aromatic nitrogens is 3. The maximum absolute atomic E-state index is 12.6. The number of carbonyl (C=O) groups is 1. The van der Waals surface area contributed by atoms with Crippen molar-refractivity contribution in [3.8, 4) is 11.5 Å². The molecule has 2 aliphatic rings. The van der Waals surface area contributed by atoms with E-state index >= 15 is 0 Å². The number of fused-ring (bicyclic) bond motifs is 1. The molecule has 1 fully saturated rings. The topological polar surface area (TPSA) is 72.7 Å². The monoisotopic (exact) mass is 431 g/mol. The van der Waals surface area contributed by atoms with Crippen LogP contribution in [0.4, 0.5) is 0 Å². The van der Waals surface area contributed by atoms with Crippen LogP contribution < -0.4 is 9.47 Å². The first-order valence-electron chi connectivity index (χ1n) is 10.7. The summed E-state index contributed by atoms with van der Waals surface area (Å²) in [7, 11) is 0. The minimum Gasteiger partial charge on any atom is -0.454 e. The highest BCUT2D eigenvalue weighted by Crippen LogP contribution is 2.32. The maximum Gasteiger partial charge on any atom is 0.246 e. The van der Waals surface area contributed by atoms with Gasteiger partial charge in [-0.3, -0.25) is 9.69 Å². The molecule has 8 nitrogen and oxygen atoms in total. The summed E-state index contributed by atoms with van der Waals surface area (Å²) >= 11 is 0. The average Bonchev–Trinajstić information content (AvgIpc) is 3.48. The third-order valence-corrected chi connectivity index (χ3v) is 5.67. The first-order chi connectivity index (χ1) is 15.7. The van der Waals surface area contributed by atoms with Gasteiger partial charge in [-0.1, -0.05) is 41.6 Å². The Morgan fingerprint density at radius 2 is 1.75 bits per heavy atom. The molecule has 0 spiro atoms. The van der Waals surface area contributed by atoms with Crippen LogP contribution in [-0.4, -0.2) is 63.7 Å². The van der Waals surface area contributed by atoms with Gasteiger partial charge >= 0.3 is 0 Å². The molecule has 3 aromatic rings. The quantitative estimate of drug-likeness (QED) is 0.558. The zero-order chi connectivity index (χ0) is 21.8. The van der Waals surface area contributed by atoms with Crippen molar-refractivity contribution in [1.29, 1.82) is 0 Å². The summed E-state index contributed by atoms with van der Waals surface area (Å²) in [4.78, 5) is 16.8. The molecular weight excluding hydrogens is 406 g/mol. The largest absolute Gasteiger partial charge is 0.454 e. The summed E-state index contributed by atoms with van der Waals surface area (Å²) in [5.74, 6) is 1.61. The van der Waals surface area contributed by atoms with Crippen molar-refractivity contribution in [2.75, 3.05) is 33.0 Å². The Morgan fingerprint density at radius 1 is 0.938 bits per heavy atom. The average molecular weight is 431 g/mol. The van der Waals surface area contributed by atoms with Crippen LogP contribution in [0.1, 0.15) is 16.8 Å². The Kier molecular flexibility index (Phi) is 5.85. The molecule has 0 saturated carbocycles. The number of hydrogen-bond donors (Lipinski definition) is 0. The number of piperazine rings is 1. The van der Waals surface area contributed by atoms with Gasteiger partial charge in [-0.2, -0.15) is 0 Å². The molecule has 1 aromatic heterocycles. The van der Waals surface area contributed by atoms with E-state index in [0.29, 0.717) is 25.3 Å². The van der Waals surface area contributed by atoms with Gasteiger partial charge < -0.3 is 14.4 Å². The molecule has 0 N–H and O–H groups in total. The van der Waals surface area contributed by atoms with Gasteiger partial charge in [0.05, 0.1) is 12.7 Å². The lowest BCUT2D eigenvalue weighted by Crippen LogP contribution is -2.47. The van der Waals surface area contributed by atoms with E-state index < -0.39 is 0 Å². The summed E-state index contributed by atoms with van der Waals surface area (Å²) in [6, 6.07) is 16.1. The van der Waals surface area contributed by atoms with Gasteiger partial charge in [-0.25, -0.2) is 4.68 Å². The van der Waals surface area contributed by atoms with Crippen molar-refractivity contribution in [2.24, 2.45) is 0 Å². The fourth-order valence-electron chi connectivity index (χ4n) is 3.92. The molecule has 1 saturated heterocycles. The van der Waals surface area contributed by atoms with Gasteiger partial charge in [-0.15, -0.1) is 5.10 Å². The summed E-state index contributed by atoms with van der Waals surface area (Å²) in [5, 5.41) is 8.28. The summed E-state index contributed by atoms with van der Waals surface area (Å²) in [6.45, 7) is 4.85. The first kappa shape index (κ1) is 20.3. The van der Waals surface area contributed by atoms with Crippen LogP contribution in [0.5, 0.6) is 11.5 Å². The zero-order valence-corrected chi connectivity index (χ0v) is 17.8. The lowest BCUT2D eigenvalue weighted by molar-refractivity contribution is -0.127. The molecule has 0 aliphatic carbocycles. The Bertz CT molecular complexity index is 1100. The fraction of sp³-hybridized carbons (Fsp3) is 0.292. The fourth-order valence-corrected chi connectivity index (χ4v) is 3.92. The van der Waals surface area contributed by atoms with Crippen LogP contribution in [0.2, 0.25) is 0 Å². The molecule has 164 valence electrons. The SMILES string of the molecule is O=C(/C=C/c1cn(Cc2ccccc2)nn1)N1CCN(Cc2ccc3c(c2)OCO3)CC1. The molecule has 1 amide bonds. The molecule has 2 aliphatic heterocycles. The Hall–Kier alpha value is -3.65. The lowest BCUT2D eigenvalue weighted by atomic mass is 10.1. The van der Waals surface area contributed by atoms with Gasteiger partial charge in [0, 0.05) is 38.8 Å². The van der Waals surface area contributed by atoms with Crippen LogP contribution >= 0.6 is 0 Å². The van der Waals surface area contributed by atoms with E-state index in [1.807, 2.05) is 53.6 Å². The highest BCUT2D eigenvalue weighted by molar-refractivity contribution is 5.91. The second-order valence-electron chi connectivity index (χ2n) is 7.95. The number of benzene rings is 2. The van der Waals surface area contributed by atoms with Crippen LogP contribution in [-0.2, 0) is 17.9 Å². The van der Waals surface area contributed by atoms with Gasteiger partial charge in [0.2, 0.25) is 12.7 Å². The smallest absolute Gasteiger partial charge is 0.246 e. The van der Waals surface area contributed by atoms with Crippen molar-refractivity contribution in [2.45, 2.75) is 13.1 Å². The number of hydrogen-bond acceptors (Lipinski definition) is 6. The molecule has 0 atom stereocenters. The predicted molar refractivity (Wildman–Crippen MR) is 119 cm³/mol. The molecule has 8 heteroatoms. The number of ether oxygens (including phenoxy) is 2. The van der Waals surface area contributed by atoms with Crippen LogP contribution in [0.3, 0.4) is 0 Å². The maximum atomic E-state index is 12.6. The first-order valence-corrected chi connectivity index (χ1v) is 10.7. The summed E-state index contributed by atoms with van der Waals surface area (Å²) < 4.78 is 12.6. The predicted octanol–water partition coefficient (Wildman–Crippen LogP) is 2.41. The minimum absolute atomic E-state index is 0.00494. The molecule has 0 bridgehead atoms. The number of nitrogens with zero attached hydrogens (tertiary/aromatic N) is 5. The minimum atomic E-state index is 0.00494. The van der Waals surface area contributed by atoms with E-state index in [-0.39, 0.29) is 12.7 Å². The van der Waals surface area contributed by atoms with Crippen molar-refractivity contribution in [1.82, 2.24) is 24.8 Å². The number of amides is 1. The van der Waals surface area contributed by atoms with E-state index in [1.165, 1.54) is 5.56 Å². The molecule has 0 unspecified atom stereocenters. The van der Waals surface area contributed by atoms with E-state index in [9.17, 15) is 4.79 Å². The third-order valence-electron chi connectivity index (χ3n) is 5.67. The lowest BCUT2D eigenvalue weighted by Gasteiger charge is -2.34. The van der Waals surface area contributed by atoms with Crippen molar-refractivity contribution in [3.63, 3.8) is 0 Å². The van der Waals surface area contributed by atoms with Crippen molar-refractivity contribution < 1.29 is 14.3 Å². The van der Waals surface area contributed by atoms with Crippen molar-refractivity contribution >= 4 is 12.0 Å². The Balaban J connectivity index is 1.10. The standard InChI is InChI=1S/C24H25N5O3/c30-24(9-7-21-17-29(26-25-21)16-19-4-2-1-3-5-19)28-12-10-27(11-13-28)15-20-6-8-22-23(14-20)32-18-31-22/h1-9,14,17H,10-13,15-16,18H2/b9-7+. The molecule has 32 heavy (non-hydrogen) atoms. The normalized spacial score (nSPS) is 16.1. The van der Waals surface area contributed by atoms with Crippen LogP contribution in [0.25, 0.3) is 6.08 Å². The van der Waals surface area contributed by atoms with Crippen LogP contribution in [0.15, 0.2) is 60.8 Å². The Morgan fingerprint density at radius 3 is 2.59 bits per heavy atom. The molecule has 5 rings (SSSR count). The van der Waals surface area contributed by atoms with Crippen molar-refractivity contribution in [3.05, 3.63) is 77.6 Å². The van der Waals surface area contributed by atoms with Gasteiger partial charge in [0.15, 0.2) is 11.5 Å². The van der Waals surface area contributed by atoms with E-state index in [2.05, 4.69) is 21.3 Å². The summed E-state index contributed by atoms with van der Waals surface area (Å²) in [6.07, 6.45) is 5.17. The number of carbonyl (C=O) groups excluding carboxylic acids is 1. The molecule has 2 aromatic carbocycles. The van der Waals surface area contributed by atoms with E-state index in [1.54, 1.807) is 16.8 Å². The zero-order valence-electron chi connectivity index (χ0n) is 17.8. The summed E-state index contributed by atoms with van der Waals surface area (Å²) in [5.41, 5.74) is 3.02. The van der Waals surface area contributed by atoms with Crippen LogP contribution in [0, 0.1) is 0 Å². The third kappa shape index (κ3) is 4.81.